The van der Waals surface area contributed by atoms with Gasteiger partial charge in [-0.25, -0.2) is 0 Å². The first-order valence-electron chi connectivity index (χ1n) is 6.92. The molecule has 0 radical (unpaired) electrons. The van der Waals surface area contributed by atoms with Gasteiger partial charge in [-0.15, -0.1) is 0 Å². The molecule has 0 aromatic heterocycles. The number of hydrogen-bond acceptors (Lipinski definition) is 3. The lowest BCUT2D eigenvalue weighted by Crippen LogP contribution is -2.13. The van der Waals surface area contributed by atoms with Crippen molar-refractivity contribution in [2.45, 2.75) is 6.92 Å². The maximum absolute atomic E-state index is 12.3. The molecule has 4 nitrogen and oxygen atoms in total. The van der Waals surface area contributed by atoms with Gasteiger partial charge in [0.25, 0.3) is 5.91 Å². The van der Waals surface area contributed by atoms with Crippen LogP contribution >= 0.6 is 0 Å². The van der Waals surface area contributed by atoms with Crippen molar-refractivity contribution in [3.63, 3.8) is 0 Å². The van der Waals surface area contributed by atoms with Crippen molar-refractivity contribution in [2.24, 2.45) is 0 Å². The SMILES string of the molecule is C=C(C)COc1cccc(NC(=O)c2ccccc2OC)c1. The van der Waals surface area contributed by atoms with Crippen LogP contribution in [0.1, 0.15) is 17.3 Å². The second-order valence-corrected chi connectivity index (χ2v) is 4.93. The van der Waals surface area contributed by atoms with E-state index in [1.54, 1.807) is 30.3 Å². The molecule has 0 unspecified atom stereocenters. The minimum atomic E-state index is -0.227. The summed E-state index contributed by atoms with van der Waals surface area (Å²) >= 11 is 0. The Labute approximate surface area is 130 Å². The second-order valence-electron chi connectivity index (χ2n) is 4.93. The summed E-state index contributed by atoms with van der Waals surface area (Å²) in [5, 5.41) is 2.84. The average Bonchev–Trinajstić information content (AvgIpc) is 2.53. The normalized spacial score (nSPS) is 9.91. The molecule has 0 atom stereocenters. The molecule has 1 N–H and O–H groups in total. The fraction of sp³-hybridized carbons (Fsp3) is 0.167. The molecule has 0 heterocycles. The van der Waals surface area contributed by atoms with E-state index in [1.807, 2.05) is 25.1 Å². The van der Waals surface area contributed by atoms with E-state index >= 15 is 0 Å². The molecule has 2 rings (SSSR count). The van der Waals surface area contributed by atoms with Gasteiger partial charge in [0.1, 0.15) is 18.1 Å². The van der Waals surface area contributed by atoms with Crippen molar-refractivity contribution in [3.05, 3.63) is 66.2 Å². The number of carbonyl (C=O) groups excluding carboxylic acids is 1. The smallest absolute Gasteiger partial charge is 0.259 e. The van der Waals surface area contributed by atoms with Crippen molar-refractivity contribution in [3.8, 4) is 11.5 Å². The molecule has 0 aliphatic carbocycles. The minimum absolute atomic E-state index is 0.227. The molecule has 0 fully saturated rings. The van der Waals surface area contributed by atoms with Crippen molar-refractivity contribution in [2.75, 3.05) is 19.0 Å². The molecule has 0 aliphatic rings. The van der Waals surface area contributed by atoms with Gasteiger partial charge in [-0.3, -0.25) is 4.79 Å². The summed E-state index contributed by atoms with van der Waals surface area (Å²) < 4.78 is 10.8. The Morgan fingerprint density at radius 3 is 2.68 bits per heavy atom. The van der Waals surface area contributed by atoms with Gasteiger partial charge in [-0.2, -0.15) is 0 Å². The summed E-state index contributed by atoms with van der Waals surface area (Å²) in [5.41, 5.74) is 2.08. The molecule has 2 aromatic carbocycles. The standard InChI is InChI=1S/C18H19NO3/c1-13(2)12-22-15-8-6-7-14(11-15)19-18(20)16-9-4-5-10-17(16)21-3/h4-11H,1,12H2,2-3H3,(H,19,20). The van der Waals surface area contributed by atoms with Crippen LogP contribution in [-0.4, -0.2) is 19.6 Å². The van der Waals surface area contributed by atoms with E-state index < -0.39 is 0 Å². The van der Waals surface area contributed by atoms with Crippen LogP contribution in [-0.2, 0) is 0 Å². The molecule has 0 spiro atoms. The van der Waals surface area contributed by atoms with Crippen molar-refractivity contribution < 1.29 is 14.3 Å². The first-order chi connectivity index (χ1) is 10.6. The van der Waals surface area contributed by atoms with Gasteiger partial charge >= 0.3 is 0 Å². The average molecular weight is 297 g/mol. The van der Waals surface area contributed by atoms with Crippen molar-refractivity contribution in [1.29, 1.82) is 0 Å². The number of rotatable bonds is 6. The summed E-state index contributed by atoms with van der Waals surface area (Å²) in [6, 6.07) is 14.3. The molecule has 22 heavy (non-hydrogen) atoms. The quantitative estimate of drug-likeness (QED) is 0.823. The van der Waals surface area contributed by atoms with E-state index in [9.17, 15) is 4.79 Å². The maximum atomic E-state index is 12.3. The highest BCUT2D eigenvalue weighted by Gasteiger charge is 2.11. The second kappa shape index (κ2) is 7.31. The van der Waals surface area contributed by atoms with E-state index in [-0.39, 0.29) is 5.91 Å². The first-order valence-corrected chi connectivity index (χ1v) is 6.92. The predicted molar refractivity (Wildman–Crippen MR) is 87.7 cm³/mol. The lowest BCUT2D eigenvalue weighted by atomic mass is 10.2. The number of anilines is 1. The Hall–Kier alpha value is -2.75. The third-order valence-electron chi connectivity index (χ3n) is 2.93. The number of benzene rings is 2. The molecule has 0 saturated heterocycles. The zero-order chi connectivity index (χ0) is 15.9. The molecule has 0 aliphatic heterocycles. The molecule has 2 aromatic rings. The number of carbonyl (C=O) groups is 1. The highest BCUT2D eigenvalue weighted by atomic mass is 16.5. The van der Waals surface area contributed by atoms with E-state index in [2.05, 4.69) is 11.9 Å². The summed E-state index contributed by atoms with van der Waals surface area (Å²) in [5.74, 6) is 0.991. The number of para-hydroxylation sites is 1. The van der Waals surface area contributed by atoms with Gasteiger partial charge in [-0.1, -0.05) is 24.8 Å². The van der Waals surface area contributed by atoms with Crippen LogP contribution in [0, 0.1) is 0 Å². The Morgan fingerprint density at radius 2 is 1.95 bits per heavy atom. The lowest BCUT2D eigenvalue weighted by Gasteiger charge is -2.11. The maximum Gasteiger partial charge on any atom is 0.259 e. The topological polar surface area (TPSA) is 47.6 Å². The Balaban J connectivity index is 2.11. The van der Waals surface area contributed by atoms with E-state index in [1.165, 1.54) is 7.11 Å². The third-order valence-corrected chi connectivity index (χ3v) is 2.93. The number of ether oxygens (including phenoxy) is 2. The molecule has 1 amide bonds. The fourth-order valence-corrected chi connectivity index (χ4v) is 1.90. The van der Waals surface area contributed by atoms with Gasteiger partial charge in [0, 0.05) is 11.8 Å². The van der Waals surface area contributed by atoms with Crippen LogP contribution in [0.25, 0.3) is 0 Å². The van der Waals surface area contributed by atoms with Gasteiger partial charge in [0.15, 0.2) is 0 Å². The van der Waals surface area contributed by atoms with Crippen LogP contribution in [0.2, 0.25) is 0 Å². The van der Waals surface area contributed by atoms with Crippen LogP contribution < -0.4 is 14.8 Å². The first kappa shape index (κ1) is 15.6. The van der Waals surface area contributed by atoms with E-state index in [0.29, 0.717) is 29.4 Å². The largest absolute Gasteiger partial charge is 0.496 e. The van der Waals surface area contributed by atoms with Crippen LogP contribution in [0.5, 0.6) is 11.5 Å². The summed E-state index contributed by atoms with van der Waals surface area (Å²) in [6.45, 7) is 6.14. The van der Waals surface area contributed by atoms with E-state index in [0.717, 1.165) is 5.57 Å². The van der Waals surface area contributed by atoms with Gasteiger partial charge in [0.2, 0.25) is 0 Å². The Bertz CT molecular complexity index is 680. The van der Waals surface area contributed by atoms with E-state index in [4.69, 9.17) is 9.47 Å². The minimum Gasteiger partial charge on any atom is -0.496 e. The van der Waals surface area contributed by atoms with Gasteiger partial charge in [0.05, 0.1) is 12.7 Å². The molecular weight excluding hydrogens is 278 g/mol. The molecular formula is C18H19NO3. The van der Waals surface area contributed by atoms with Crippen LogP contribution in [0.3, 0.4) is 0 Å². The zero-order valence-electron chi connectivity index (χ0n) is 12.8. The van der Waals surface area contributed by atoms with Crippen LogP contribution in [0.15, 0.2) is 60.7 Å². The summed E-state index contributed by atoms with van der Waals surface area (Å²) in [6.07, 6.45) is 0. The number of nitrogens with one attached hydrogen (secondary N) is 1. The fourth-order valence-electron chi connectivity index (χ4n) is 1.90. The molecule has 0 saturated carbocycles. The summed E-state index contributed by atoms with van der Waals surface area (Å²) in [7, 11) is 1.54. The van der Waals surface area contributed by atoms with Crippen LogP contribution in [0.4, 0.5) is 5.69 Å². The van der Waals surface area contributed by atoms with Crippen molar-refractivity contribution >= 4 is 11.6 Å². The molecule has 0 bridgehead atoms. The Morgan fingerprint density at radius 1 is 1.18 bits per heavy atom. The highest BCUT2D eigenvalue weighted by molar-refractivity contribution is 6.06. The molecule has 114 valence electrons. The molecule has 4 heteroatoms. The summed E-state index contributed by atoms with van der Waals surface area (Å²) in [4.78, 5) is 12.3. The van der Waals surface area contributed by atoms with Crippen molar-refractivity contribution in [1.82, 2.24) is 0 Å². The highest BCUT2D eigenvalue weighted by Crippen LogP contribution is 2.21. The Kier molecular flexibility index (Phi) is 5.20. The third kappa shape index (κ3) is 4.12. The lowest BCUT2D eigenvalue weighted by molar-refractivity contribution is 0.102. The van der Waals surface area contributed by atoms with Gasteiger partial charge < -0.3 is 14.8 Å². The monoisotopic (exact) mass is 297 g/mol. The number of hydrogen-bond donors (Lipinski definition) is 1. The zero-order valence-corrected chi connectivity index (χ0v) is 12.8. The number of methoxy groups -OCH3 is 1. The number of amides is 1. The predicted octanol–water partition coefficient (Wildman–Crippen LogP) is 3.90. The van der Waals surface area contributed by atoms with Gasteiger partial charge in [-0.05, 0) is 36.8 Å².